The first-order valence-electron chi connectivity index (χ1n) is 10.00. The average Bonchev–Trinajstić information content (AvgIpc) is 3.09. The van der Waals surface area contributed by atoms with E-state index in [-0.39, 0.29) is 29.7 Å². The summed E-state index contributed by atoms with van der Waals surface area (Å²) in [5.74, 6) is 0.775. The molecule has 1 aromatic carbocycles. The van der Waals surface area contributed by atoms with Crippen molar-refractivity contribution in [2.45, 2.75) is 63.9 Å². The highest BCUT2D eigenvalue weighted by molar-refractivity contribution is 6.74. The summed E-state index contributed by atoms with van der Waals surface area (Å²) < 4.78 is 22.2. The largest absolute Gasteiger partial charge is 0.539 e. The van der Waals surface area contributed by atoms with Crippen molar-refractivity contribution in [1.29, 1.82) is 0 Å². The van der Waals surface area contributed by atoms with Crippen LogP contribution in [0.4, 0.5) is 4.79 Å². The fourth-order valence-corrected chi connectivity index (χ4v) is 3.81. The van der Waals surface area contributed by atoms with Crippen LogP contribution in [0.2, 0.25) is 18.1 Å². The minimum Gasteiger partial charge on any atom is -0.539 e. The van der Waals surface area contributed by atoms with E-state index in [1.807, 2.05) is 0 Å². The molecule has 0 bridgehead atoms. The number of nitrogens with one attached hydrogen (secondary N) is 1. The van der Waals surface area contributed by atoms with E-state index < -0.39 is 26.3 Å². The first-order valence-corrected chi connectivity index (χ1v) is 12.9. The molecule has 1 amide bonds. The summed E-state index contributed by atoms with van der Waals surface area (Å²) in [6.07, 6.45) is -1.07. The van der Waals surface area contributed by atoms with Crippen LogP contribution in [0.25, 0.3) is 0 Å². The predicted molar refractivity (Wildman–Crippen MR) is 115 cm³/mol. The third-order valence-electron chi connectivity index (χ3n) is 5.74. The normalized spacial score (nSPS) is 17.7. The van der Waals surface area contributed by atoms with Crippen molar-refractivity contribution in [1.82, 2.24) is 5.32 Å². The Bertz CT molecular complexity index is 763. The van der Waals surface area contributed by atoms with Gasteiger partial charge < -0.3 is 29.1 Å². The van der Waals surface area contributed by atoms with Crippen LogP contribution in [0.1, 0.15) is 44.0 Å². The van der Waals surface area contributed by atoms with Crippen LogP contribution < -0.4 is 19.2 Å². The zero-order chi connectivity index (χ0) is 22.7. The van der Waals surface area contributed by atoms with Gasteiger partial charge in [0.25, 0.3) is 8.32 Å². The Hall–Kier alpha value is -2.26. The molecule has 1 saturated heterocycles. The van der Waals surface area contributed by atoms with Crippen LogP contribution in [0.5, 0.6) is 17.2 Å². The summed E-state index contributed by atoms with van der Waals surface area (Å²) in [7, 11) is 0.820. The van der Waals surface area contributed by atoms with Crippen LogP contribution >= 0.6 is 0 Å². The lowest BCUT2D eigenvalue weighted by molar-refractivity contribution is 0.0719. The second-order valence-electron chi connectivity index (χ2n) is 8.97. The maximum Gasteiger partial charge on any atom is 0.407 e. The molecule has 1 aliphatic heterocycles. The Morgan fingerprint density at radius 1 is 1.27 bits per heavy atom. The number of aliphatic hydroxyl groups excluding tert-OH is 1. The quantitative estimate of drug-likeness (QED) is 0.448. The molecule has 0 spiro atoms. The highest BCUT2D eigenvalue weighted by Gasteiger charge is 2.40. The fraction of sp³-hybridized carbons (Fsp3) is 0.619. The summed E-state index contributed by atoms with van der Waals surface area (Å²) >= 11 is 0. The Morgan fingerprint density at radius 2 is 1.83 bits per heavy atom. The minimum absolute atomic E-state index is 0.0346. The number of carbonyl (C=O) groups is 2. The molecular formula is C21H33NO7Si. The highest BCUT2D eigenvalue weighted by atomic mass is 28.4. The lowest BCUT2D eigenvalue weighted by Crippen LogP contribution is -2.44. The van der Waals surface area contributed by atoms with E-state index in [1.165, 1.54) is 14.2 Å². The van der Waals surface area contributed by atoms with Gasteiger partial charge in [0, 0.05) is 5.56 Å². The first-order chi connectivity index (χ1) is 13.9. The van der Waals surface area contributed by atoms with Gasteiger partial charge in [-0.25, -0.2) is 4.79 Å². The minimum atomic E-state index is -2.18. The molecule has 1 aromatic rings. The fourth-order valence-electron chi connectivity index (χ4n) is 2.80. The molecule has 2 N–H and O–H groups in total. The number of hydrogen-bond donors (Lipinski definition) is 2. The van der Waals surface area contributed by atoms with Crippen LogP contribution in [-0.4, -0.2) is 58.3 Å². The highest BCUT2D eigenvalue weighted by Crippen LogP contribution is 2.45. The molecule has 0 radical (unpaired) electrons. The molecule has 9 heteroatoms. The Labute approximate surface area is 179 Å². The molecule has 0 aliphatic carbocycles. The van der Waals surface area contributed by atoms with Gasteiger partial charge in [0.2, 0.25) is 0 Å². The van der Waals surface area contributed by atoms with E-state index in [9.17, 15) is 14.7 Å². The van der Waals surface area contributed by atoms with Crippen LogP contribution in [0.3, 0.4) is 0 Å². The van der Waals surface area contributed by atoms with Crippen molar-refractivity contribution in [2.24, 2.45) is 0 Å². The van der Waals surface area contributed by atoms with Gasteiger partial charge in [-0.2, -0.15) is 0 Å². The lowest BCUT2D eigenvalue weighted by Gasteiger charge is -2.37. The average molecular weight is 440 g/mol. The number of carbonyl (C=O) groups excluding carboxylic acids is 2. The molecule has 1 heterocycles. The maximum absolute atomic E-state index is 12.8. The number of cyclic esters (lactones) is 1. The van der Waals surface area contributed by atoms with E-state index in [4.69, 9.17) is 18.6 Å². The molecule has 8 nitrogen and oxygen atoms in total. The first kappa shape index (κ1) is 24.0. The molecule has 168 valence electrons. The number of methoxy groups -OCH3 is 2. The Morgan fingerprint density at radius 3 is 2.27 bits per heavy atom. The second kappa shape index (κ2) is 9.26. The number of hydrogen-bond acceptors (Lipinski definition) is 7. The molecular weight excluding hydrogens is 406 g/mol. The van der Waals surface area contributed by atoms with Crippen LogP contribution in [0.15, 0.2) is 12.1 Å². The van der Waals surface area contributed by atoms with Gasteiger partial charge in [0.05, 0.1) is 20.3 Å². The lowest BCUT2D eigenvalue weighted by atomic mass is 10.00. The van der Waals surface area contributed by atoms with Crippen LogP contribution in [-0.2, 0) is 4.74 Å². The summed E-state index contributed by atoms with van der Waals surface area (Å²) in [5, 5.41) is 13.0. The number of ether oxygens (including phenoxy) is 3. The number of rotatable bonds is 9. The molecule has 30 heavy (non-hydrogen) atoms. The standard InChI is InChI=1S/C21H33NO7Si/c1-21(2,3)30(6,7)29-19-16(26-4)10-13(11-17(19)27-5)18(24)15(23)9-8-14-12-28-20(25)22-14/h10-11,14-15,23H,8-9,12H2,1-7H3,(H,22,25)/t14-,15?/m0/s1. The molecule has 0 saturated carbocycles. The number of alkyl carbamates (subject to hydrolysis) is 1. The van der Waals surface area contributed by atoms with Gasteiger partial charge in [-0.1, -0.05) is 20.8 Å². The third kappa shape index (κ3) is 5.45. The van der Waals surface area contributed by atoms with Crippen LogP contribution in [0, 0.1) is 0 Å². The van der Waals surface area contributed by atoms with Crippen molar-refractivity contribution < 1.29 is 33.3 Å². The predicted octanol–water partition coefficient (Wildman–Crippen LogP) is 3.52. The zero-order valence-electron chi connectivity index (χ0n) is 18.8. The van der Waals surface area contributed by atoms with Crippen molar-refractivity contribution in [3.63, 3.8) is 0 Å². The summed E-state index contributed by atoms with van der Waals surface area (Å²) in [6, 6.07) is 2.93. The number of benzene rings is 1. The van der Waals surface area contributed by atoms with E-state index in [1.54, 1.807) is 12.1 Å². The summed E-state index contributed by atoms with van der Waals surface area (Å²) in [5.41, 5.74) is 0.269. The molecule has 2 atom stereocenters. The van der Waals surface area contributed by atoms with Crippen molar-refractivity contribution >= 4 is 20.2 Å². The Kier molecular flexibility index (Phi) is 7.41. The van der Waals surface area contributed by atoms with Gasteiger partial charge in [0.15, 0.2) is 23.0 Å². The zero-order valence-corrected chi connectivity index (χ0v) is 19.8. The monoisotopic (exact) mass is 439 g/mol. The summed E-state index contributed by atoms with van der Waals surface area (Å²) in [6.45, 7) is 10.8. The van der Waals surface area contributed by atoms with E-state index in [0.29, 0.717) is 23.7 Å². The molecule has 1 fully saturated rings. The molecule has 0 aromatic heterocycles. The third-order valence-corrected chi connectivity index (χ3v) is 10.1. The van der Waals surface area contributed by atoms with Gasteiger partial charge in [-0.15, -0.1) is 0 Å². The molecule has 1 aliphatic rings. The SMILES string of the molecule is COc1cc(C(=O)C(O)CC[C@H]2COC(=O)N2)cc(OC)c1O[Si](C)(C)C(C)(C)C. The van der Waals surface area contributed by atoms with E-state index >= 15 is 0 Å². The number of Topliss-reactive ketones (excluding diaryl/α,β-unsaturated/α-hetero) is 1. The number of ketones is 1. The molecule has 1 unspecified atom stereocenters. The van der Waals surface area contributed by atoms with E-state index in [2.05, 4.69) is 39.2 Å². The number of aliphatic hydroxyl groups is 1. The summed E-state index contributed by atoms with van der Waals surface area (Å²) in [4.78, 5) is 23.9. The Balaban J connectivity index is 2.22. The van der Waals surface area contributed by atoms with Gasteiger partial charge in [-0.3, -0.25) is 4.79 Å². The van der Waals surface area contributed by atoms with Crippen molar-refractivity contribution in [2.75, 3.05) is 20.8 Å². The van der Waals surface area contributed by atoms with Crippen molar-refractivity contribution in [3.05, 3.63) is 17.7 Å². The second-order valence-corrected chi connectivity index (χ2v) is 13.7. The maximum atomic E-state index is 12.8. The van der Waals surface area contributed by atoms with Gasteiger partial charge in [0.1, 0.15) is 12.7 Å². The number of amides is 1. The topological polar surface area (TPSA) is 103 Å². The van der Waals surface area contributed by atoms with E-state index in [0.717, 1.165) is 0 Å². The van der Waals surface area contributed by atoms with Crippen molar-refractivity contribution in [3.8, 4) is 17.2 Å². The van der Waals surface area contributed by atoms with Gasteiger partial charge in [-0.05, 0) is 43.1 Å². The van der Waals surface area contributed by atoms with Gasteiger partial charge >= 0.3 is 6.09 Å². The molecule has 2 rings (SSSR count). The smallest absolute Gasteiger partial charge is 0.407 e.